The largest absolute Gasteiger partial charge is 0.353 e. The van der Waals surface area contributed by atoms with Crippen LogP contribution in [0.2, 0.25) is 0 Å². The molecule has 1 aliphatic heterocycles. The molecule has 0 radical (unpaired) electrons. The first-order chi connectivity index (χ1) is 19.9. The van der Waals surface area contributed by atoms with Crippen molar-refractivity contribution >= 4 is 34.4 Å². The van der Waals surface area contributed by atoms with Crippen LogP contribution in [0.3, 0.4) is 0 Å². The van der Waals surface area contributed by atoms with Crippen LogP contribution in [0.15, 0.2) is 61.4 Å². The number of thiocarbonyl (C=S) groups is 1. The number of piperazine rings is 1. The maximum absolute atomic E-state index is 13.6. The molecular weight excluding hydrogens is 539 g/mol. The van der Waals surface area contributed by atoms with Gasteiger partial charge in [0.25, 0.3) is 0 Å². The van der Waals surface area contributed by atoms with Gasteiger partial charge in [-0.2, -0.15) is 19.8 Å². The summed E-state index contributed by atoms with van der Waals surface area (Å²) in [6, 6.07) is 9.81. The second kappa shape index (κ2) is 10.7. The van der Waals surface area contributed by atoms with E-state index in [-0.39, 0.29) is 5.56 Å². The smallest absolute Gasteiger partial charge is 0.228 e. The lowest BCUT2D eigenvalue weighted by molar-refractivity contribution is 0.389. The Morgan fingerprint density at radius 3 is 2.49 bits per heavy atom. The molecular formula is C29H23FN10S. The first kappa shape index (κ1) is 25.9. The minimum atomic E-state index is -0.683. The highest BCUT2D eigenvalue weighted by atomic mass is 32.1. The van der Waals surface area contributed by atoms with Crippen LogP contribution in [0.25, 0.3) is 27.8 Å². The highest BCUT2D eigenvalue weighted by Gasteiger charge is 2.21. The number of aryl methyl sites for hydroxylation is 1. The Hall–Kier alpha value is -5.33. The van der Waals surface area contributed by atoms with Crippen LogP contribution >= 0.6 is 12.2 Å². The maximum Gasteiger partial charge on any atom is 0.228 e. The van der Waals surface area contributed by atoms with Gasteiger partial charge in [0.1, 0.15) is 11.9 Å². The number of halogens is 1. The van der Waals surface area contributed by atoms with Gasteiger partial charge in [-0.15, -0.1) is 6.42 Å². The number of terminal acetylenes is 1. The molecule has 0 aliphatic carbocycles. The fraction of sp³-hybridized carbons (Fsp3) is 0.172. The van der Waals surface area contributed by atoms with Gasteiger partial charge in [0.05, 0.1) is 40.9 Å². The first-order valence-corrected chi connectivity index (χ1v) is 13.1. The van der Waals surface area contributed by atoms with E-state index < -0.39 is 5.95 Å². The van der Waals surface area contributed by atoms with Gasteiger partial charge in [0.15, 0.2) is 5.11 Å². The topological polar surface area (TPSA) is 103 Å². The number of nitrogens with zero attached hydrogens (tertiary/aromatic N) is 9. The van der Waals surface area contributed by atoms with E-state index in [1.165, 1.54) is 12.3 Å². The van der Waals surface area contributed by atoms with E-state index in [4.69, 9.17) is 23.6 Å². The van der Waals surface area contributed by atoms with Crippen LogP contribution in [0, 0.1) is 29.6 Å². The number of aromatic nitrogens is 6. The molecule has 1 aliphatic rings. The number of hydrogen-bond acceptors (Lipinski definition) is 7. The van der Waals surface area contributed by atoms with Crippen LogP contribution in [0.5, 0.6) is 0 Å². The number of fused-ring (bicyclic) bond motifs is 1. The number of nitriles is 1. The second-order valence-corrected chi connectivity index (χ2v) is 9.91. The molecule has 12 heteroatoms. The average molecular weight is 563 g/mol. The summed E-state index contributed by atoms with van der Waals surface area (Å²) in [5.41, 5.74) is 5.48. The number of nitrogens with one attached hydrogen (secondary N) is 1. The lowest BCUT2D eigenvalue weighted by Crippen LogP contribution is -2.50. The molecule has 0 saturated carbocycles. The van der Waals surface area contributed by atoms with Crippen molar-refractivity contribution < 1.29 is 4.39 Å². The molecule has 0 amide bonds. The molecule has 10 nitrogen and oxygen atoms in total. The van der Waals surface area contributed by atoms with Crippen LogP contribution in [0.1, 0.15) is 11.1 Å². The summed E-state index contributed by atoms with van der Waals surface area (Å²) in [4.78, 5) is 12.7. The fourth-order valence-corrected chi connectivity index (χ4v) is 5.14. The van der Waals surface area contributed by atoms with Crippen molar-refractivity contribution in [1.82, 2.24) is 34.3 Å². The molecule has 202 valence electrons. The molecule has 41 heavy (non-hydrogen) atoms. The maximum atomic E-state index is 13.6. The van der Waals surface area contributed by atoms with Crippen molar-refractivity contribution in [3.05, 3.63) is 78.5 Å². The van der Waals surface area contributed by atoms with Gasteiger partial charge in [0, 0.05) is 74.1 Å². The van der Waals surface area contributed by atoms with E-state index in [9.17, 15) is 9.65 Å². The van der Waals surface area contributed by atoms with Crippen molar-refractivity contribution in [1.29, 1.82) is 5.26 Å². The van der Waals surface area contributed by atoms with E-state index in [0.717, 1.165) is 33.6 Å². The summed E-state index contributed by atoms with van der Waals surface area (Å²) in [5.74, 6) is 2.45. The van der Waals surface area contributed by atoms with E-state index in [0.29, 0.717) is 42.5 Å². The summed E-state index contributed by atoms with van der Waals surface area (Å²) in [5, 5.41) is 22.0. The van der Waals surface area contributed by atoms with Crippen molar-refractivity contribution in [3.8, 4) is 40.7 Å². The van der Waals surface area contributed by atoms with Gasteiger partial charge >= 0.3 is 0 Å². The minimum absolute atomic E-state index is 0.0822. The minimum Gasteiger partial charge on any atom is -0.353 e. The third-order valence-electron chi connectivity index (χ3n) is 6.97. The van der Waals surface area contributed by atoms with Gasteiger partial charge in [-0.25, -0.2) is 14.5 Å². The Bertz CT molecular complexity index is 1850. The summed E-state index contributed by atoms with van der Waals surface area (Å²) in [7, 11) is 1.87. The van der Waals surface area contributed by atoms with Crippen molar-refractivity contribution in [2.24, 2.45) is 7.05 Å². The highest BCUT2D eigenvalue weighted by molar-refractivity contribution is 7.80. The summed E-state index contributed by atoms with van der Waals surface area (Å²) < 4.78 is 17.1. The van der Waals surface area contributed by atoms with Gasteiger partial charge in [-0.05, 0) is 36.5 Å². The summed E-state index contributed by atoms with van der Waals surface area (Å²) in [6.45, 7) is 2.79. The van der Waals surface area contributed by atoms with E-state index in [1.54, 1.807) is 21.6 Å². The highest BCUT2D eigenvalue weighted by Crippen LogP contribution is 2.32. The molecule has 1 N–H and O–H groups in total. The Morgan fingerprint density at radius 1 is 0.976 bits per heavy atom. The monoisotopic (exact) mass is 562 g/mol. The Labute approximate surface area is 240 Å². The lowest BCUT2D eigenvalue weighted by atomic mass is 10.0. The van der Waals surface area contributed by atoms with Crippen molar-refractivity contribution in [2.75, 3.05) is 36.4 Å². The molecule has 0 atom stereocenters. The van der Waals surface area contributed by atoms with Crippen LogP contribution in [-0.4, -0.2) is 65.6 Å². The molecule has 0 aromatic carbocycles. The molecule has 5 aromatic rings. The third-order valence-corrected chi connectivity index (χ3v) is 7.33. The second-order valence-electron chi connectivity index (χ2n) is 9.52. The first-order valence-electron chi connectivity index (χ1n) is 12.7. The normalized spacial score (nSPS) is 13.2. The predicted molar refractivity (Wildman–Crippen MR) is 157 cm³/mol. The van der Waals surface area contributed by atoms with Crippen LogP contribution in [-0.2, 0) is 7.05 Å². The molecule has 6 rings (SSSR count). The van der Waals surface area contributed by atoms with E-state index in [1.807, 2.05) is 48.7 Å². The zero-order valence-corrected chi connectivity index (χ0v) is 22.8. The molecule has 5 aromatic heterocycles. The zero-order chi connectivity index (χ0) is 28.5. The van der Waals surface area contributed by atoms with Crippen molar-refractivity contribution in [2.45, 2.75) is 0 Å². The SMILES string of the molecule is C#Cc1cc(NC(=S)N2CCN(c3ccc(-c4cc(-c5cnn(C)c5)cn5ncc(C#N)c45)cn3)CC2)cnc1F. The van der Waals surface area contributed by atoms with E-state index in [2.05, 4.69) is 37.4 Å². The number of hydrogen-bond donors (Lipinski definition) is 1. The van der Waals surface area contributed by atoms with Crippen LogP contribution < -0.4 is 10.2 Å². The quantitative estimate of drug-likeness (QED) is 0.200. The molecule has 0 bridgehead atoms. The Balaban J connectivity index is 1.18. The zero-order valence-electron chi connectivity index (χ0n) is 22.0. The fourth-order valence-electron chi connectivity index (χ4n) is 4.84. The van der Waals surface area contributed by atoms with Gasteiger partial charge in [0.2, 0.25) is 5.95 Å². The van der Waals surface area contributed by atoms with Gasteiger partial charge in [-0.1, -0.05) is 5.92 Å². The number of anilines is 2. The third kappa shape index (κ3) is 5.04. The van der Waals surface area contributed by atoms with Crippen molar-refractivity contribution in [3.63, 3.8) is 0 Å². The molecule has 0 spiro atoms. The number of pyridine rings is 3. The molecule has 1 saturated heterocycles. The molecule has 6 heterocycles. The lowest BCUT2D eigenvalue weighted by Gasteiger charge is -2.36. The predicted octanol–water partition coefficient (Wildman–Crippen LogP) is 3.70. The molecule has 0 unspecified atom stereocenters. The average Bonchev–Trinajstić information content (AvgIpc) is 3.63. The Kier molecular flexibility index (Phi) is 6.75. The van der Waals surface area contributed by atoms with E-state index >= 15 is 0 Å². The summed E-state index contributed by atoms with van der Waals surface area (Å²) in [6.07, 6.45) is 15.7. The van der Waals surface area contributed by atoms with Crippen LogP contribution in [0.4, 0.5) is 15.9 Å². The summed E-state index contributed by atoms with van der Waals surface area (Å²) >= 11 is 5.57. The van der Waals surface area contributed by atoms with Gasteiger partial charge in [-0.3, -0.25) is 4.68 Å². The van der Waals surface area contributed by atoms with Gasteiger partial charge < -0.3 is 15.1 Å². The number of rotatable bonds is 4. The standard InChI is InChI=1S/C29H23FN10S/c1-3-19-10-24(16-33-28(19)30)36-29(41)39-8-6-38(7-9-39)26-5-4-20(13-32-26)25-11-21(23-15-34-37(2)17-23)18-40-27(25)22(12-31)14-35-40/h1,4-5,10-11,13-18H,6-9H2,2H3,(H,36,41). The Morgan fingerprint density at radius 2 is 1.80 bits per heavy atom. The molecule has 1 fully saturated rings.